The zero-order valence-corrected chi connectivity index (χ0v) is 14.7. The molecule has 4 heteroatoms. The minimum atomic E-state index is -0.718. The molecule has 26 heavy (non-hydrogen) atoms. The molecule has 0 bridgehead atoms. The van der Waals surface area contributed by atoms with Gasteiger partial charge in [-0.25, -0.2) is 0 Å². The molecule has 2 aromatic carbocycles. The summed E-state index contributed by atoms with van der Waals surface area (Å²) in [4.78, 5) is 14.8. The fraction of sp³-hybridized carbons (Fsp3) is 0.273. The van der Waals surface area contributed by atoms with E-state index in [0.717, 1.165) is 47.9 Å². The first-order chi connectivity index (χ1) is 12.7. The van der Waals surface area contributed by atoms with Crippen molar-refractivity contribution in [2.45, 2.75) is 38.7 Å². The number of aromatic nitrogens is 1. The van der Waals surface area contributed by atoms with E-state index in [1.165, 1.54) is 5.56 Å². The monoisotopic (exact) mass is 349 g/mol. The molecule has 3 rings (SSSR count). The van der Waals surface area contributed by atoms with Crippen LogP contribution in [0.1, 0.15) is 36.8 Å². The number of ether oxygens (including phenoxy) is 1. The van der Waals surface area contributed by atoms with Crippen LogP contribution in [0, 0.1) is 0 Å². The van der Waals surface area contributed by atoms with Gasteiger partial charge in [0.25, 0.3) is 0 Å². The first-order valence-corrected chi connectivity index (χ1v) is 8.98. The Balaban J connectivity index is 1.52. The number of fused-ring (bicyclic) bond motifs is 1. The fourth-order valence-electron chi connectivity index (χ4n) is 2.95. The van der Waals surface area contributed by atoms with Gasteiger partial charge in [-0.3, -0.25) is 9.78 Å². The number of unbranched alkanes of at least 4 members (excludes halogenated alkanes) is 2. The number of rotatable bonds is 9. The van der Waals surface area contributed by atoms with Crippen molar-refractivity contribution in [1.82, 2.24) is 4.98 Å². The van der Waals surface area contributed by atoms with Crippen LogP contribution in [0.2, 0.25) is 0 Å². The first kappa shape index (κ1) is 17.9. The van der Waals surface area contributed by atoms with Crippen LogP contribution in [-0.4, -0.2) is 16.1 Å². The lowest BCUT2D eigenvalue weighted by Gasteiger charge is -2.09. The number of aliphatic carboxylic acids is 1. The third-order valence-electron chi connectivity index (χ3n) is 4.33. The lowest BCUT2D eigenvalue weighted by molar-refractivity contribution is -0.137. The molecule has 0 spiro atoms. The summed E-state index contributed by atoms with van der Waals surface area (Å²) in [5.41, 5.74) is 3.33. The second-order valence-corrected chi connectivity index (χ2v) is 6.42. The maximum atomic E-state index is 10.5. The van der Waals surface area contributed by atoms with E-state index in [2.05, 4.69) is 29.2 Å². The molecule has 0 unspecified atom stereocenters. The number of pyridine rings is 1. The van der Waals surface area contributed by atoms with Crippen LogP contribution in [0.25, 0.3) is 10.9 Å². The van der Waals surface area contributed by atoms with Gasteiger partial charge in [0, 0.05) is 18.0 Å². The van der Waals surface area contributed by atoms with E-state index in [4.69, 9.17) is 9.84 Å². The predicted octanol–water partition coefficient (Wildman–Crippen LogP) is 5.00. The van der Waals surface area contributed by atoms with Gasteiger partial charge in [-0.2, -0.15) is 0 Å². The van der Waals surface area contributed by atoms with Gasteiger partial charge < -0.3 is 9.84 Å². The second-order valence-electron chi connectivity index (χ2n) is 6.42. The molecule has 0 radical (unpaired) electrons. The zero-order valence-electron chi connectivity index (χ0n) is 14.7. The predicted molar refractivity (Wildman–Crippen MR) is 102 cm³/mol. The van der Waals surface area contributed by atoms with Crippen molar-refractivity contribution >= 4 is 16.9 Å². The lowest BCUT2D eigenvalue weighted by Crippen LogP contribution is -1.97. The van der Waals surface area contributed by atoms with Crippen molar-refractivity contribution in [2.75, 3.05) is 0 Å². The first-order valence-electron chi connectivity index (χ1n) is 8.98. The fourth-order valence-corrected chi connectivity index (χ4v) is 2.95. The molecular weight excluding hydrogens is 326 g/mol. The summed E-state index contributed by atoms with van der Waals surface area (Å²) in [7, 11) is 0. The molecule has 1 N–H and O–H groups in total. The number of aryl methyl sites for hydroxylation is 1. The maximum absolute atomic E-state index is 10.5. The Kier molecular flexibility index (Phi) is 6.20. The molecule has 4 nitrogen and oxygen atoms in total. The van der Waals surface area contributed by atoms with Crippen LogP contribution >= 0.6 is 0 Å². The quantitative estimate of drug-likeness (QED) is 0.552. The Morgan fingerprint density at radius 3 is 2.77 bits per heavy atom. The summed E-state index contributed by atoms with van der Waals surface area (Å²) < 4.78 is 5.94. The Hall–Kier alpha value is -2.88. The summed E-state index contributed by atoms with van der Waals surface area (Å²) in [5.74, 6) is 0.143. The lowest BCUT2D eigenvalue weighted by atomic mass is 10.1. The van der Waals surface area contributed by atoms with Gasteiger partial charge in [-0.15, -0.1) is 0 Å². The number of nitrogens with zero attached hydrogens (tertiary/aromatic N) is 1. The molecule has 1 heterocycles. The van der Waals surface area contributed by atoms with Gasteiger partial charge in [0.15, 0.2) is 0 Å². The van der Waals surface area contributed by atoms with E-state index in [9.17, 15) is 4.79 Å². The van der Waals surface area contributed by atoms with Gasteiger partial charge in [0.1, 0.15) is 12.4 Å². The smallest absolute Gasteiger partial charge is 0.303 e. The van der Waals surface area contributed by atoms with Crippen molar-refractivity contribution < 1.29 is 14.6 Å². The van der Waals surface area contributed by atoms with Crippen molar-refractivity contribution in [3.05, 3.63) is 71.9 Å². The highest BCUT2D eigenvalue weighted by molar-refractivity contribution is 5.78. The molecule has 0 saturated heterocycles. The second kappa shape index (κ2) is 8.99. The van der Waals surface area contributed by atoms with Crippen LogP contribution < -0.4 is 4.74 Å². The van der Waals surface area contributed by atoms with Crippen LogP contribution in [0.3, 0.4) is 0 Å². The van der Waals surface area contributed by atoms with E-state index in [-0.39, 0.29) is 6.42 Å². The Morgan fingerprint density at radius 2 is 1.88 bits per heavy atom. The number of benzene rings is 2. The molecular formula is C22H23NO3. The molecule has 0 aliphatic heterocycles. The van der Waals surface area contributed by atoms with Gasteiger partial charge in [0.05, 0.1) is 5.52 Å². The molecule has 0 saturated carbocycles. The standard InChI is InChI=1S/C22H23NO3/c24-22(25)10-3-1-2-6-17-7-4-9-20(15-17)26-16-18-11-12-21-19(14-18)8-5-13-23-21/h4-5,7-9,11-15H,1-3,6,10,16H2,(H,24,25). The highest BCUT2D eigenvalue weighted by atomic mass is 16.5. The molecule has 134 valence electrons. The van der Waals surface area contributed by atoms with Gasteiger partial charge >= 0.3 is 5.97 Å². The van der Waals surface area contributed by atoms with E-state index in [1.54, 1.807) is 6.20 Å². The number of carboxylic acid groups (broad SMARTS) is 1. The van der Waals surface area contributed by atoms with Crippen LogP contribution in [0.5, 0.6) is 5.75 Å². The molecule has 0 atom stereocenters. The number of carbonyl (C=O) groups is 1. The third kappa shape index (κ3) is 5.31. The average Bonchev–Trinajstić information content (AvgIpc) is 2.66. The molecule has 0 fully saturated rings. The Labute approximate surface area is 153 Å². The normalized spacial score (nSPS) is 10.8. The summed E-state index contributed by atoms with van der Waals surface area (Å²) in [6.07, 6.45) is 5.66. The summed E-state index contributed by atoms with van der Waals surface area (Å²) in [5, 5.41) is 9.77. The van der Waals surface area contributed by atoms with Crippen LogP contribution in [0.4, 0.5) is 0 Å². The van der Waals surface area contributed by atoms with Crippen molar-refractivity contribution in [3.8, 4) is 5.75 Å². The number of hydrogen-bond donors (Lipinski definition) is 1. The SMILES string of the molecule is O=C(O)CCCCCc1cccc(OCc2ccc3ncccc3c2)c1. The van der Waals surface area contributed by atoms with Crippen molar-refractivity contribution in [1.29, 1.82) is 0 Å². The highest BCUT2D eigenvalue weighted by Gasteiger charge is 2.02. The van der Waals surface area contributed by atoms with Crippen LogP contribution in [-0.2, 0) is 17.8 Å². The number of carboxylic acids is 1. The van der Waals surface area contributed by atoms with Crippen molar-refractivity contribution in [2.24, 2.45) is 0 Å². The topological polar surface area (TPSA) is 59.4 Å². The van der Waals surface area contributed by atoms with Gasteiger partial charge in [-0.05, 0) is 60.7 Å². The summed E-state index contributed by atoms with van der Waals surface area (Å²) in [6.45, 7) is 0.521. The molecule has 1 aromatic heterocycles. The Morgan fingerprint density at radius 1 is 0.962 bits per heavy atom. The molecule has 3 aromatic rings. The highest BCUT2D eigenvalue weighted by Crippen LogP contribution is 2.19. The molecule has 0 aliphatic rings. The largest absolute Gasteiger partial charge is 0.489 e. The van der Waals surface area contributed by atoms with E-state index >= 15 is 0 Å². The van der Waals surface area contributed by atoms with E-state index in [1.807, 2.05) is 30.3 Å². The van der Waals surface area contributed by atoms with E-state index in [0.29, 0.717) is 6.61 Å². The minimum absolute atomic E-state index is 0.254. The maximum Gasteiger partial charge on any atom is 0.303 e. The summed E-state index contributed by atoms with van der Waals surface area (Å²) in [6, 6.07) is 18.3. The van der Waals surface area contributed by atoms with Gasteiger partial charge in [-0.1, -0.05) is 30.7 Å². The summed E-state index contributed by atoms with van der Waals surface area (Å²) >= 11 is 0. The van der Waals surface area contributed by atoms with E-state index < -0.39 is 5.97 Å². The Bertz CT molecular complexity index is 876. The zero-order chi connectivity index (χ0) is 18.2. The van der Waals surface area contributed by atoms with Gasteiger partial charge in [0.2, 0.25) is 0 Å². The average molecular weight is 349 g/mol. The minimum Gasteiger partial charge on any atom is -0.489 e. The number of hydrogen-bond acceptors (Lipinski definition) is 3. The van der Waals surface area contributed by atoms with Crippen molar-refractivity contribution in [3.63, 3.8) is 0 Å². The molecule has 0 amide bonds. The third-order valence-corrected chi connectivity index (χ3v) is 4.33. The van der Waals surface area contributed by atoms with Crippen LogP contribution in [0.15, 0.2) is 60.8 Å². The molecule has 0 aliphatic carbocycles.